The molecule has 3 aliphatic rings. The highest BCUT2D eigenvalue weighted by atomic mass is 16.5. The highest BCUT2D eigenvalue weighted by molar-refractivity contribution is 5.81. The molecular formula is C25H29NO2. The molecule has 146 valence electrons. The number of likely N-dealkylation sites (tertiary alicyclic amines) is 1. The van der Waals surface area contributed by atoms with Crippen molar-refractivity contribution in [3.63, 3.8) is 0 Å². The normalized spacial score (nSPS) is 22.2. The number of aryl methyl sites for hydroxylation is 2. The number of carbonyl (C=O) groups excluding carboxylic acids is 1. The molecule has 2 aromatic rings. The summed E-state index contributed by atoms with van der Waals surface area (Å²) in [6.45, 7) is 3.98. The van der Waals surface area contributed by atoms with Crippen LogP contribution in [0.5, 0.6) is 5.75 Å². The van der Waals surface area contributed by atoms with Gasteiger partial charge in [-0.15, -0.1) is 0 Å². The van der Waals surface area contributed by atoms with Gasteiger partial charge in [0.15, 0.2) is 0 Å². The largest absolute Gasteiger partial charge is 0.485 e. The smallest absolute Gasteiger partial charge is 0.225 e. The molecule has 28 heavy (non-hydrogen) atoms. The van der Waals surface area contributed by atoms with Crippen LogP contribution in [-0.2, 0) is 11.2 Å². The first-order chi connectivity index (χ1) is 13.7. The Kier molecular flexibility index (Phi) is 4.62. The number of amides is 1. The van der Waals surface area contributed by atoms with E-state index in [-0.39, 0.29) is 6.10 Å². The lowest BCUT2D eigenvalue weighted by molar-refractivity contribution is -0.133. The fourth-order valence-corrected chi connectivity index (χ4v) is 4.87. The molecule has 0 bridgehead atoms. The third-order valence-electron chi connectivity index (χ3n) is 6.75. The zero-order chi connectivity index (χ0) is 19.1. The van der Waals surface area contributed by atoms with E-state index in [1.54, 1.807) is 0 Å². The SMILES string of the molecule is Cc1cc(C2CCN(C(=O)C3CC3)CC2)ccc1OC1CCc2ccccc21. The van der Waals surface area contributed by atoms with Crippen molar-refractivity contribution >= 4 is 5.91 Å². The van der Waals surface area contributed by atoms with Crippen molar-refractivity contribution in [3.8, 4) is 5.75 Å². The number of carbonyl (C=O) groups is 1. The van der Waals surface area contributed by atoms with Gasteiger partial charge in [-0.2, -0.15) is 0 Å². The molecule has 0 aromatic heterocycles. The molecule has 1 unspecified atom stereocenters. The van der Waals surface area contributed by atoms with Crippen molar-refractivity contribution in [2.45, 2.75) is 57.5 Å². The topological polar surface area (TPSA) is 29.5 Å². The van der Waals surface area contributed by atoms with Crippen LogP contribution in [0.2, 0.25) is 0 Å². The number of piperidine rings is 1. The Morgan fingerprint density at radius 2 is 1.79 bits per heavy atom. The molecule has 5 rings (SSSR count). The molecule has 0 N–H and O–H groups in total. The van der Waals surface area contributed by atoms with E-state index in [0.29, 0.717) is 17.7 Å². The third-order valence-corrected chi connectivity index (χ3v) is 6.75. The fourth-order valence-electron chi connectivity index (χ4n) is 4.87. The summed E-state index contributed by atoms with van der Waals surface area (Å²) in [6.07, 6.45) is 6.71. The van der Waals surface area contributed by atoms with Gasteiger partial charge in [-0.05, 0) is 79.7 Å². The van der Waals surface area contributed by atoms with Crippen LogP contribution >= 0.6 is 0 Å². The van der Waals surface area contributed by atoms with Gasteiger partial charge in [0, 0.05) is 19.0 Å². The standard InChI is InChI=1S/C25H29NO2/c1-17-16-21(18-12-14-26(15-13-18)25(27)20-6-7-20)9-10-23(17)28-24-11-8-19-4-2-3-5-22(19)24/h2-5,9-10,16,18,20,24H,6-8,11-15H2,1H3. The average Bonchev–Trinajstić information content (AvgIpc) is 3.51. The molecule has 2 aromatic carbocycles. The van der Waals surface area contributed by atoms with E-state index >= 15 is 0 Å². The Hall–Kier alpha value is -2.29. The van der Waals surface area contributed by atoms with Gasteiger partial charge in [-0.1, -0.05) is 36.4 Å². The molecule has 1 amide bonds. The minimum absolute atomic E-state index is 0.178. The number of fused-ring (bicyclic) bond motifs is 1. The number of rotatable bonds is 4. The third kappa shape index (κ3) is 3.43. The van der Waals surface area contributed by atoms with Gasteiger partial charge in [0.05, 0.1) is 0 Å². The van der Waals surface area contributed by atoms with Crippen molar-refractivity contribution in [1.82, 2.24) is 4.90 Å². The fraction of sp³-hybridized carbons (Fsp3) is 0.480. The van der Waals surface area contributed by atoms with E-state index in [1.165, 1.54) is 22.3 Å². The molecule has 3 nitrogen and oxygen atoms in total. The zero-order valence-corrected chi connectivity index (χ0v) is 16.7. The maximum Gasteiger partial charge on any atom is 0.225 e. The summed E-state index contributed by atoms with van der Waals surface area (Å²) < 4.78 is 6.40. The summed E-state index contributed by atoms with van der Waals surface area (Å²) in [4.78, 5) is 14.4. The second-order valence-electron chi connectivity index (χ2n) is 8.74. The van der Waals surface area contributed by atoms with Gasteiger partial charge in [-0.3, -0.25) is 4.79 Å². The summed E-state index contributed by atoms with van der Waals surface area (Å²) in [7, 11) is 0. The van der Waals surface area contributed by atoms with Crippen molar-refractivity contribution in [2.24, 2.45) is 5.92 Å². The molecule has 1 saturated carbocycles. The lowest BCUT2D eigenvalue weighted by atomic mass is 9.88. The molecule has 1 aliphatic heterocycles. The number of benzene rings is 2. The van der Waals surface area contributed by atoms with E-state index in [2.05, 4.69) is 54.3 Å². The predicted octanol–water partition coefficient (Wildman–Crippen LogP) is 5.18. The van der Waals surface area contributed by atoms with Gasteiger partial charge in [0.2, 0.25) is 5.91 Å². The Morgan fingerprint density at radius 3 is 2.54 bits per heavy atom. The Morgan fingerprint density at radius 1 is 1.00 bits per heavy atom. The van der Waals surface area contributed by atoms with Crippen LogP contribution in [0.3, 0.4) is 0 Å². The lowest BCUT2D eigenvalue weighted by Crippen LogP contribution is -2.38. The van der Waals surface area contributed by atoms with Crippen LogP contribution in [0.1, 0.15) is 66.4 Å². The Labute approximate surface area is 167 Å². The zero-order valence-electron chi connectivity index (χ0n) is 16.7. The monoisotopic (exact) mass is 375 g/mol. The molecule has 1 atom stereocenters. The van der Waals surface area contributed by atoms with Crippen molar-refractivity contribution < 1.29 is 9.53 Å². The number of hydrogen-bond acceptors (Lipinski definition) is 2. The molecule has 1 saturated heterocycles. The van der Waals surface area contributed by atoms with Gasteiger partial charge >= 0.3 is 0 Å². The number of hydrogen-bond donors (Lipinski definition) is 0. The minimum Gasteiger partial charge on any atom is -0.485 e. The first-order valence-corrected chi connectivity index (χ1v) is 10.8. The van der Waals surface area contributed by atoms with Crippen molar-refractivity contribution in [2.75, 3.05) is 13.1 Å². The predicted molar refractivity (Wildman–Crippen MR) is 111 cm³/mol. The first-order valence-electron chi connectivity index (χ1n) is 10.8. The number of nitrogens with zero attached hydrogens (tertiary/aromatic N) is 1. The summed E-state index contributed by atoms with van der Waals surface area (Å²) in [5, 5.41) is 0. The summed E-state index contributed by atoms with van der Waals surface area (Å²) in [5.74, 6) is 2.31. The second-order valence-corrected chi connectivity index (χ2v) is 8.74. The van der Waals surface area contributed by atoms with Gasteiger partial charge in [0.1, 0.15) is 11.9 Å². The second kappa shape index (κ2) is 7.27. The minimum atomic E-state index is 0.178. The molecule has 2 fully saturated rings. The molecule has 0 spiro atoms. The van der Waals surface area contributed by atoms with E-state index < -0.39 is 0 Å². The van der Waals surface area contributed by atoms with Crippen LogP contribution < -0.4 is 4.74 Å². The highest BCUT2D eigenvalue weighted by Gasteiger charge is 2.35. The van der Waals surface area contributed by atoms with Gasteiger partial charge in [-0.25, -0.2) is 0 Å². The Balaban J connectivity index is 1.24. The maximum atomic E-state index is 12.3. The lowest BCUT2D eigenvalue weighted by Gasteiger charge is -2.32. The van der Waals surface area contributed by atoms with E-state index in [1.807, 2.05) is 0 Å². The quantitative estimate of drug-likeness (QED) is 0.737. The van der Waals surface area contributed by atoms with Crippen LogP contribution in [0.25, 0.3) is 0 Å². The maximum absolute atomic E-state index is 12.3. The van der Waals surface area contributed by atoms with E-state index in [9.17, 15) is 4.79 Å². The summed E-state index contributed by atoms with van der Waals surface area (Å²) >= 11 is 0. The summed E-state index contributed by atoms with van der Waals surface area (Å²) in [5.41, 5.74) is 5.39. The van der Waals surface area contributed by atoms with Crippen LogP contribution in [-0.4, -0.2) is 23.9 Å². The first kappa shape index (κ1) is 17.8. The van der Waals surface area contributed by atoms with E-state index in [4.69, 9.17) is 4.74 Å². The molecule has 0 radical (unpaired) electrons. The number of ether oxygens (including phenoxy) is 1. The molecule has 2 aliphatic carbocycles. The van der Waals surface area contributed by atoms with Crippen molar-refractivity contribution in [3.05, 3.63) is 64.7 Å². The van der Waals surface area contributed by atoms with Crippen molar-refractivity contribution in [1.29, 1.82) is 0 Å². The average molecular weight is 376 g/mol. The summed E-state index contributed by atoms with van der Waals surface area (Å²) in [6, 6.07) is 15.3. The van der Waals surface area contributed by atoms with Crippen LogP contribution in [0, 0.1) is 12.8 Å². The molecular weight excluding hydrogens is 346 g/mol. The van der Waals surface area contributed by atoms with Gasteiger partial charge in [0.25, 0.3) is 0 Å². The van der Waals surface area contributed by atoms with Crippen LogP contribution in [0.4, 0.5) is 0 Å². The highest BCUT2D eigenvalue weighted by Crippen LogP contribution is 2.38. The van der Waals surface area contributed by atoms with Gasteiger partial charge < -0.3 is 9.64 Å². The molecule has 3 heteroatoms. The molecule has 1 heterocycles. The Bertz CT molecular complexity index is 878. The van der Waals surface area contributed by atoms with Crippen LogP contribution in [0.15, 0.2) is 42.5 Å². The van der Waals surface area contributed by atoms with E-state index in [0.717, 1.165) is 57.4 Å².